The molecule has 1 atom stereocenters. The second-order valence-corrected chi connectivity index (χ2v) is 10.2. The molecule has 9 heteroatoms. The van der Waals surface area contributed by atoms with Gasteiger partial charge < -0.3 is 9.52 Å². The Labute approximate surface area is 192 Å². The fraction of sp³-hybridized carbons (Fsp3) is 0.304. The van der Waals surface area contributed by atoms with Gasteiger partial charge in [0, 0.05) is 10.6 Å². The van der Waals surface area contributed by atoms with Crippen LogP contribution in [0.3, 0.4) is 0 Å². The molecule has 0 aliphatic heterocycles. The van der Waals surface area contributed by atoms with E-state index in [1.807, 2.05) is 6.92 Å². The van der Waals surface area contributed by atoms with E-state index in [-0.39, 0.29) is 11.4 Å². The fourth-order valence-electron chi connectivity index (χ4n) is 3.36. The van der Waals surface area contributed by atoms with Gasteiger partial charge in [0.05, 0.1) is 17.1 Å². The number of nitrogens with zero attached hydrogens (tertiary/aromatic N) is 2. The maximum atomic E-state index is 13.5. The molecule has 32 heavy (non-hydrogen) atoms. The van der Waals surface area contributed by atoms with Crippen LogP contribution in [0, 0.1) is 19.8 Å². The molecule has 0 radical (unpaired) electrons. The molecule has 3 aromatic rings. The zero-order valence-corrected chi connectivity index (χ0v) is 19.8. The van der Waals surface area contributed by atoms with Crippen LogP contribution in [-0.4, -0.2) is 34.8 Å². The number of hydrogen-bond donors (Lipinski definition) is 1. The molecule has 0 bridgehead atoms. The molecule has 0 aliphatic carbocycles. The summed E-state index contributed by atoms with van der Waals surface area (Å²) >= 11 is 5.94. The monoisotopic (exact) mass is 476 g/mol. The van der Waals surface area contributed by atoms with Gasteiger partial charge in [-0.05, 0) is 56.2 Å². The van der Waals surface area contributed by atoms with Crippen LogP contribution in [0.5, 0.6) is 0 Å². The number of halogens is 1. The van der Waals surface area contributed by atoms with Crippen molar-refractivity contribution in [2.45, 2.75) is 45.2 Å². The van der Waals surface area contributed by atoms with Crippen molar-refractivity contribution in [1.29, 1.82) is 0 Å². The summed E-state index contributed by atoms with van der Waals surface area (Å²) in [6, 6.07) is 11.9. The normalized spacial score (nSPS) is 13.0. The first-order chi connectivity index (χ1) is 15.0. The molecule has 0 saturated carbocycles. The van der Waals surface area contributed by atoms with E-state index in [1.165, 1.54) is 12.1 Å². The van der Waals surface area contributed by atoms with Crippen LogP contribution >= 0.6 is 11.6 Å². The maximum absolute atomic E-state index is 13.5. The average Bonchev–Trinajstić information content (AvgIpc) is 3.08. The van der Waals surface area contributed by atoms with Crippen molar-refractivity contribution >= 4 is 27.6 Å². The first-order valence-electron chi connectivity index (χ1n) is 10.0. The van der Waals surface area contributed by atoms with E-state index < -0.39 is 28.0 Å². The van der Waals surface area contributed by atoms with Crippen molar-refractivity contribution in [2.75, 3.05) is 0 Å². The number of carbonyl (C=O) groups is 1. The highest BCUT2D eigenvalue weighted by molar-refractivity contribution is 7.89. The van der Waals surface area contributed by atoms with Crippen LogP contribution in [0.25, 0.3) is 11.5 Å². The number of carboxylic acid groups (broad SMARTS) is 1. The first-order valence-corrected chi connectivity index (χ1v) is 11.9. The highest BCUT2D eigenvalue weighted by Crippen LogP contribution is 2.28. The van der Waals surface area contributed by atoms with Gasteiger partial charge in [0.2, 0.25) is 15.9 Å². The summed E-state index contributed by atoms with van der Waals surface area (Å²) in [5.41, 5.74) is 1.92. The molecule has 1 aromatic heterocycles. The van der Waals surface area contributed by atoms with Crippen LogP contribution in [0.1, 0.15) is 30.9 Å². The Morgan fingerprint density at radius 3 is 2.22 bits per heavy atom. The van der Waals surface area contributed by atoms with Gasteiger partial charge >= 0.3 is 5.97 Å². The third-order valence-corrected chi connectivity index (χ3v) is 7.21. The molecule has 2 aromatic carbocycles. The second kappa shape index (κ2) is 9.44. The Hall–Kier alpha value is -2.68. The topological polar surface area (TPSA) is 101 Å². The Kier molecular flexibility index (Phi) is 7.07. The largest absolute Gasteiger partial charge is 0.480 e. The van der Waals surface area contributed by atoms with E-state index in [4.69, 9.17) is 16.0 Å². The molecular weight excluding hydrogens is 452 g/mol. The fourth-order valence-corrected chi connectivity index (χ4v) is 5.16. The van der Waals surface area contributed by atoms with Crippen molar-refractivity contribution < 1.29 is 22.7 Å². The second-order valence-electron chi connectivity index (χ2n) is 7.92. The number of carboxylic acids is 1. The molecule has 0 unspecified atom stereocenters. The summed E-state index contributed by atoms with van der Waals surface area (Å²) in [5, 5.41) is 10.4. The van der Waals surface area contributed by atoms with Gasteiger partial charge in [0.1, 0.15) is 11.8 Å². The Bertz CT molecular complexity index is 1200. The minimum absolute atomic E-state index is 0.0223. The van der Waals surface area contributed by atoms with E-state index >= 15 is 0 Å². The molecular formula is C23H25ClN2O5S. The molecule has 3 rings (SSSR count). The lowest BCUT2D eigenvalue weighted by Crippen LogP contribution is -2.47. The van der Waals surface area contributed by atoms with E-state index in [0.29, 0.717) is 27.9 Å². The SMILES string of the molecule is Cc1ccc(S(=O)(=O)N(Cc2nc(-c3ccc(Cl)cc3)oc2C)[C@@H](C(=O)O)C(C)C)cc1. The van der Waals surface area contributed by atoms with Crippen molar-refractivity contribution in [3.8, 4) is 11.5 Å². The van der Waals surface area contributed by atoms with Crippen LogP contribution in [0.2, 0.25) is 5.02 Å². The number of aliphatic carboxylic acids is 1. The zero-order valence-electron chi connectivity index (χ0n) is 18.2. The predicted octanol–water partition coefficient (Wildman–Crippen LogP) is 4.91. The van der Waals surface area contributed by atoms with Crippen molar-refractivity contribution in [3.63, 3.8) is 0 Å². The van der Waals surface area contributed by atoms with Gasteiger partial charge in [0.15, 0.2) is 0 Å². The molecule has 0 saturated heterocycles. The Morgan fingerprint density at radius 2 is 1.69 bits per heavy atom. The number of benzene rings is 2. The summed E-state index contributed by atoms with van der Waals surface area (Å²) in [5.74, 6) is -0.990. The van der Waals surface area contributed by atoms with Gasteiger partial charge in [-0.25, -0.2) is 13.4 Å². The number of oxazole rings is 1. The number of sulfonamides is 1. The Morgan fingerprint density at radius 1 is 1.09 bits per heavy atom. The molecule has 0 fully saturated rings. The molecule has 0 amide bonds. The number of hydrogen-bond acceptors (Lipinski definition) is 5. The van der Waals surface area contributed by atoms with Gasteiger partial charge in [-0.15, -0.1) is 0 Å². The number of rotatable bonds is 8. The zero-order chi connectivity index (χ0) is 23.6. The van der Waals surface area contributed by atoms with Crippen LogP contribution in [0.4, 0.5) is 0 Å². The lowest BCUT2D eigenvalue weighted by Gasteiger charge is -2.30. The van der Waals surface area contributed by atoms with Gasteiger partial charge in [-0.1, -0.05) is 43.1 Å². The minimum Gasteiger partial charge on any atom is -0.480 e. The lowest BCUT2D eigenvalue weighted by atomic mass is 10.0. The molecule has 0 aliphatic rings. The molecule has 1 heterocycles. The van der Waals surface area contributed by atoms with Crippen molar-refractivity contribution in [1.82, 2.24) is 9.29 Å². The Balaban J connectivity index is 2.06. The van der Waals surface area contributed by atoms with Gasteiger partial charge in [-0.3, -0.25) is 4.79 Å². The smallest absolute Gasteiger partial charge is 0.322 e. The van der Waals surface area contributed by atoms with Crippen LogP contribution in [-0.2, 0) is 21.4 Å². The number of aryl methyl sites for hydroxylation is 2. The molecule has 7 nitrogen and oxygen atoms in total. The number of aromatic nitrogens is 1. The third-order valence-electron chi connectivity index (χ3n) is 5.11. The van der Waals surface area contributed by atoms with Gasteiger partial charge in [-0.2, -0.15) is 4.31 Å². The third kappa shape index (κ3) is 5.03. The predicted molar refractivity (Wildman–Crippen MR) is 122 cm³/mol. The van der Waals surface area contributed by atoms with Gasteiger partial charge in [0.25, 0.3) is 0 Å². The maximum Gasteiger partial charge on any atom is 0.322 e. The van der Waals surface area contributed by atoms with Crippen LogP contribution in [0.15, 0.2) is 57.8 Å². The highest BCUT2D eigenvalue weighted by Gasteiger charge is 2.39. The van der Waals surface area contributed by atoms with E-state index in [1.54, 1.807) is 57.2 Å². The van der Waals surface area contributed by atoms with E-state index in [0.717, 1.165) is 9.87 Å². The van der Waals surface area contributed by atoms with E-state index in [2.05, 4.69) is 4.98 Å². The van der Waals surface area contributed by atoms with Crippen molar-refractivity contribution in [2.24, 2.45) is 5.92 Å². The summed E-state index contributed by atoms with van der Waals surface area (Å²) in [6.45, 7) is 6.62. The minimum atomic E-state index is -4.13. The molecule has 0 spiro atoms. The lowest BCUT2D eigenvalue weighted by molar-refractivity contribution is -0.143. The highest BCUT2D eigenvalue weighted by atomic mass is 35.5. The summed E-state index contributed by atoms with van der Waals surface area (Å²) in [6.07, 6.45) is 0. The van der Waals surface area contributed by atoms with Crippen molar-refractivity contribution in [3.05, 3.63) is 70.6 Å². The summed E-state index contributed by atoms with van der Waals surface area (Å²) < 4.78 is 33.8. The standard InChI is InChI=1S/C23H25ClN2O5S/c1-14(2)21(23(27)28)26(32(29,30)19-11-5-15(3)6-12-19)13-20-16(4)31-22(25-20)17-7-9-18(24)10-8-17/h5-12,14,21H,13H2,1-4H3,(H,27,28)/t21-/m1/s1. The summed E-state index contributed by atoms with van der Waals surface area (Å²) in [4.78, 5) is 16.6. The quantitative estimate of drug-likeness (QED) is 0.495. The summed E-state index contributed by atoms with van der Waals surface area (Å²) in [7, 11) is -4.13. The first kappa shape index (κ1) is 24.0. The molecule has 1 N–H and O–H groups in total. The average molecular weight is 477 g/mol. The van der Waals surface area contributed by atoms with Crippen LogP contribution < -0.4 is 0 Å². The molecule has 170 valence electrons. The van der Waals surface area contributed by atoms with E-state index in [9.17, 15) is 18.3 Å².